The van der Waals surface area contributed by atoms with Crippen LogP contribution in [-0.4, -0.2) is 12.6 Å². The summed E-state index contributed by atoms with van der Waals surface area (Å²) >= 11 is 0. The fraction of sp³-hybridized carbons (Fsp3) is 0.600. The number of benzene rings is 1. The minimum absolute atomic E-state index is 0.426. The molecule has 17 heavy (non-hydrogen) atoms. The van der Waals surface area contributed by atoms with Crippen molar-refractivity contribution in [3.8, 4) is 5.75 Å². The molecule has 1 aliphatic heterocycles. The van der Waals surface area contributed by atoms with Crippen LogP contribution in [0, 0.1) is 11.8 Å². The molecule has 1 aromatic rings. The first-order chi connectivity index (χ1) is 8.42. The molecule has 4 atom stereocenters. The third kappa shape index (κ3) is 1.66. The lowest BCUT2D eigenvalue weighted by Gasteiger charge is -2.25. The van der Waals surface area contributed by atoms with E-state index >= 15 is 0 Å². The minimum atomic E-state index is 0.426. The maximum absolute atomic E-state index is 5.74. The molecular formula is C15H19NO. The fourth-order valence-electron chi connectivity index (χ4n) is 3.68. The van der Waals surface area contributed by atoms with Crippen LogP contribution in [0.3, 0.4) is 0 Å². The van der Waals surface area contributed by atoms with Crippen LogP contribution in [0.5, 0.6) is 5.75 Å². The monoisotopic (exact) mass is 229 g/mol. The van der Waals surface area contributed by atoms with Gasteiger partial charge >= 0.3 is 0 Å². The van der Waals surface area contributed by atoms with Crippen LogP contribution >= 0.6 is 0 Å². The normalized spacial score (nSPS) is 38.1. The van der Waals surface area contributed by atoms with Gasteiger partial charge < -0.3 is 10.1 Å². The molecule has 1 aromatic carbocycles. The molecule has 1 N–H and O–H groups in total. The van der Waals surface area contributed by atoms with Crippen molar-refractivity contribution in [2.24, 2.45) is 11.8 Å². The van der Waals surface area contributed by atoms with Gasteiger partial charge in [-0.1, -0.05) is 31.0 Å². The third-order valence-electron chi connectivity index (χ3n) is 4.70. The van der Waals surface area contributed by atoms with Crippen LogP contribution in [0.25, 0.3) is 0 Å². The predicted molar refractivity (Wildman–Crippen MR) is 67.0 cm³/mol. The summed E-state index contributed by atoms with van der Waals surface area (Å²) in [4.78, 5) is 0. The smallest absolute Gasteiger partial charge is 0.124 e. The summed E-state index contributed by atoms with van der Waals surface area (Å²) < 4.78 is 5.74. The molecule has 0 bridgehead atoms. The molecule has 0 aromatic heterocycles. The number of fused-ring (bicyclic) bond motifs is 2. The topological polar surface area (TPSA) is 21.3 Å². The minimum Gasteiger partial charge on any atom is -0.491 e. The quantitative estimate of drug-likeness (QED) is 0.842. The van der Waals surface area contributed by atoms with Crippen molar-refractivity contribution in [2.75, 3.05) is 6.61 Å². The van der Waals surface area contributed by atoms with Crippen molar-refractivity contribution in [1.29, 1.82) is 0 Å². The Hall–Kier alpha value is -1.02. The summed E-state index contributed by atoms with van der Waals surface area (Å²) in [7, 11) is 0. The summed E-state index contributed by atoms with van der Waals surface area (Å²) in [5.74, 6) is 3.09. The molecule has 90 valence electrons. The highest BCUT2D eigenvalue weighted by atomic mass is 16.5. The van der Waals surface area contributed by atoms with E-state index in [0.717, 1.165) is 30.2 Å². The van der Waals surface area contributed by atoms with Crippen LogP contribution in [0.4, 0.5) is 0 Å². The van der Waals surface area contributed by atoms with Crippen molar-refractivity contribution >= 4 is 0 Å². The average molecular weight is 229 g/mol. The Morgan fingerprint density at radius 3 is 3.12 bits per heavy atom. The van der Waals surface area contributed by atoms with E-state index in [1.54, 1.807) is 0 Å². The third-order valence-corrected chi connectivity index (χ3v) is 4.70. The summed E-state index contributed by atoms with van der Waals surface area (Å²) in [5.41, 5.74) is 1.36. The number of ether oxygens (including phenoxy) is 1. The number of hydrogen-bond acceptors (Lipinski definition) is 2. The molecule has 3 aliphatic rings. The number of nitrogens with one attached hydrogen (secondary N) is 1. The molecule has 2 aliphatic carbocycles. The number of hydrogen-bond donors (Lipinski definition) is 1. The van der Waals surface area contributed by atoms with Crippen LogP contribution in [-0.2, 0) is 0 Å². The summed E-state index contributed by atoms with van der Waals surface area (Å²) in [6, 6.07) is 9.62. The molecule has 0 saturated heterocycles. The van der Waals surface area contributed by atoms with Crippen LogP contribution < -0.4 is 10.1 Å². The maximum atomic E-state index is 5.74. The van der Waals surface area contributed by atoms with Gasteiger partial charge in [-0.3, -0.25) is 0 Å². The first-order valence-corrected chi connectivity index (χ1v) is 6.89. The van der Waals surface area contributed by atoms with E-state index in [2.05, 4.69) is 29.6 Å². The molecule has 2 unspecified atom stereocenters. The van der Waals surface area contributed by atoms with Gasteiger partial charge in [-0.05, 0) is 30.7 Å². The molecular weight excluding hydrogens is 210 g/mol. The van der Waals surface area contributed by atoms with E-state index in [-0.39, 0.29) is 0 Å². The zero-order valence-corrected chi connectivity index (χ0v) is 10.1. The van der Waals surface area contributed by atoms with E-state index in [9.17, 15) is 0 Å². The highest BCUT2D eigenvalue weighted by Crippen LogP contribution is 2.50. The van der Waals surface area contributed by atoms with Gasteiger partial charge in [-0.25, -0.2) is 0 Å². The van der Waals surface area contributed by atoms with Gasteiger partial charge in [0.05, 0.1) is 6.04 Å². The molecule has 2 nitrogen and oxygen atoms in total. The van der Waals surface area contributed by atoms with Gasteiger partial charge in [0, 0.05) is 11.6 Å². The van der Waals surface area contributed by atoms with Crippen LogP contribution in [0.2, 0.25) is 0 Å². The van der Waals surface area contributed by atoms with Gasteiger partial charge in [0.25, 0.3) is 0 Å². The van der Waals surface area contributed by atoms with Crippen molar-refractivity contribution < 1.29 is 4.74 Å². The van der Waals surface area contributed by atoms with Crippen LogP contribution in [0.15, 0.2) is 24.3 Å². The molecule has 1 heterocycles. The molecule has 0 spiro atoms. The molecule has 2 heteroatoms. The SMILES string of the molecule is c1ccc2c(c1)OCC2NC1CCC[C@H]2C[C@@H]12. The summed E-state index contributed by atoms with van der Waals surface area (Å²) in [6.45, 7) is 0.813. The van der Waals surface area contributed by atoms with Gasteiger partial charge in [0.2, 0.25) is 0 Å². The Balaban J connectivity index is 1.50. The molecule has 0 radical (unpaired) electrons. The zero-order valence-electron chi connectivity index (χ0n) is 10.1. The first kappa shape index (κ1) is 9.95. The van der Waals surface area contributed by atoms with Crippen molar-refractivity contribution in [3.05, 3.63) is 29.8 Å². The van der Waals surface area contributed by atoms with Crippen LogP contribution in [0.1, 0.15) is 37.3 Å². The van der Waals surface area contributed by atoms with Gasteiger partial charge in [0.1, 0.15) is 12.4 Å². The summed E-state index contributed by atoms with van der Waals surface area (Å²) in [5, 5.41) is 3.84. The van der Waals surface area contributed by atoms with Gasteiger partial charge in [-0.2, -0.15) is 0 Å². The van der Waals surface area contributed by atoms with E-state index < -0.39 is 0 Å². The Morgan fingerprint density at radius 1 is 1.18 bits per heavy atom. The highest BCUT2D eigenvalue weighted by Gasteiger charge is 2.46. The van der Waals surface area contributed by atoms with E-state index in [1.165, 1.54) is 31.2 Å². The second-order valence-electron chi connectivity index (χ2n) is 5.77. The largest absolute Gasteiger partial charge is 0.491 e. The fourth-order valence-corrected chi connectivity index (χ4v) is 3.68. The van der Waals surface area contributed by atoms with E-state index in [0.29, 0.717) is 6.04 Å². The first-order valence-electron chi connectivity index (χ1n) is 6.89. The number of para-hydroxylation sites is 1. The molecule has 0 amide bonds. The molecule has 2 fully saturated rings. The zero-order chi connectivity index (χ0) is 11.2. The molecule has 4 rings (SSSR count). The Kier molecular flexibility index (Phi) is 2.19. The lowest BCUT2D eigenvalue weighted by Crippen LogP contribution is -2.37. The second-order valence-corrected chi connectivity index (χ2v) is 5.77. The lowest BCUT2D eigenvalue weighted by atomic mass is 9.94. The van der Waals surface area contributed by atoms with Crippen molar-refractivity contribution in [2.45, 2.75) is 37.8 Å². The second kappa shape index (κ2) is 3.74. The standard InChI is InChI=1S/C15H19NO/c1-2-7-15-11(5-1)14(9-17-15)16-13-6-3-4-10-8-12(10)13/h1-2,5,7,10,12-14,16H,3-4,6,8-9H2/t10-,12+,13?,14?/m0/s1. The highest BCUT2D eigenvalue weighted by molar-refractivity contribution is 5.39. The average Bonchev–Trinajstić information content (AvgIpc) is 3.06. The van der Waals surface area contributed by atoms with Crippen molar-refractivity contribution in [3.63, 3.8) is 0 Å². The van der Waals surface area contributed by atoms with Crippen molar-refractivity contribution in [1.82, 2.24) is 5.32 Å². The Bertz CT molecular complexity index is 431. The lowest BCUT2D eigenvalue weighted by molar-refractivity contribution is 0.267. The van der Waals surface area contributed by atoms with Gasteiger partial charge in [-0.15, -0.1) is 0 Å². The molecule has 2 saturated carbocycles. The van der Waals surface area contributed by atoms with Gasteiger partial charge in [0.15, 0.2) is 0 Å². The Labute approximate surface area is 102 Å². The van der Waals surface area contributed by atoms with E-state index in [4.69, 9.17) is 4.74 Å². The summed E-state index contributed by atoms with van der Waals surface area (Å²) in [6.07, 6.45) is 5.71. The Morgan fingerprint density at radius 2 is 2.12 bits per heavy atom. The predicted octanol–water partition coefficient (Wildman–Crippen LogP) is 2.90. The maximum Gasteiger partial charge on any atom is 0.124 e. The number of rotatable bonds is 2. The van der Waals surface area contributed by atoms with E-state index in [1.807, 2.05) is 0 Å².